The molecule has 27 heavy (non-hydrogen) atoms. The van der Waals surface area contributed by atoms with Crippen LogP contribution in [0.25, 0.3) is 0 Å². The molecule has 7 nitrogen and oxygen atoms in total. The average Bonchev–Trinajstić information content (AvgIpc) is 3.12. The molecule has 1 saturated heterocycles. The Balaban J connectivity index is 1.45. The normalized spacial score (nSPS) is 17.6. The summed E-state index contributed by atoms with van der Waals surface area (Å²) < 4.78 is 7.85. The maximum absolute atomic E-state index is 13.0. The lowest BCUT2D eigenvalue weighted by atomic mass is 9.95. The molecule has 3 heterocycles. The largest absolute Gasteiger partial charge is 0.493 e. The topological polar surface area (TPSA) is 72.3 Å². The lowest BCUT2D eigenvalue weighted by molar-refractivity contribution is 0.0706. The molecule has 0 saturated carbocycles. The molecule has 2 aliphatic heterocycles. The van der Waals surface area contributed by atoms with Crippen molar-refractivity contribution in [3.8, 4) is 5.75 Å². The molecule has 0 bridgehead atoms. The second-order valence-electron chi connectivity index (χ2n) is 6.94. The molecule has 0 spiro atoms. The minimum Gasteiger partial charge on any atom is -0.493 e. The van der Waals surface area contributed by atoms with E-state index in [2.05, 4.69) is 20.1 Å². The smallest absolute Gasteiger partial charge is 0.257 e. The number of halogens is 1. The zero-order valence-electron chi connectivity index (χ0n) is 15.4. The third kappa shape index (κ3) is 3.66. The summed E-state index contributed by atoms with van der Waals surface area (Å²) in [5.74, 6) is 2.99. The highest BCUT2D eigenvalue weighted by atomic mass is 35.5. The first-order chi connectivity index (χ1) is 13.2. The van der Waals surface area contributed by atoms with Gasteiger partial charge in [-0.1, -0.05) is 11.6 Å². The van der Waals surface area contributed by atoms with Gasteiger partial charge in [0.1, 0.15) is 17.4 Å². The Bertz CT molecular complexity index is 830. The van der Waals surface area contributed by atoms with Crippen LogP contribution in [-0.2, 0) is 13.1 Å². The highest BCUT2D eigenvalue weighted by molar-refractivity contribution is 6.30. The van der Waals surface area contributed by atoms with Gasteiger partial charge in [0.15, 0.2) is 0 Å². The van der Waals surface area contributed by atoms with Gasteiger partial charge in [-0.05, 0) is 38.0 Å². The van der Waals surface area contributed by atoms with E-state index in [0.29, 0.717) is 41.9 Å². The highest BCUT2D eigenvalue weighted by Gasteiger charge is 2.30. The fraction of sp³-hybridized carbons (Fsp3) is 0.526. The van der Waals surface area contributed by atoms with E-state index in [0.717, 1.165) is 44.1 Å². The number of rotatable bonds is 4. The van der Waals surface area contributed by atoms with Crippen LogP contribution in [-0.4, -0.2) is 51.8 Å². The number of piperidine rings is 1. The van der Waals surface area contributed by atoms with E-state index in [1.54, 1.807) is 18.2 Å². The maximum atomic E-state index is 13.0. The maximum Gasteiger partial charge on any atom is 0.257 e. The number of amides is 1. The molecule has 1 fully saturated rings. The van der Waals surface area contributed by atoms with Crippen LogP contribution in [0.2, 0.25) is 5.02 Å². The van der Waals surface area contributed by atoms with E-state index in [1.807, 2.05) is 11.8 Å². The molecular formula is C19H24ClN5O2. The number of carbonyl (C=O) groups is 1. The fourth-order valence-corrected chi connectivity index (χ4v) is 4.04. The molecule has 8 heteroatoms. The number of aromatic nitrogens is 3. The van der Waals surface area contributed by atoms with Gasteiger partial charge in [-0.2, -0.15) is 0 Å². The molecule has 1 aromatic carbocycles. The van der Waals surface area contributed by atoms with Crippen molar-refractivity contribution >= 4 is 17.5 Å². The lowest BCUT2D eigenvalue weighted by Crippen LogP contribution is -2.39. The van der Waals surface area contributed by atoms with E-state index < -0.39 is 0 Å². The first kappa shape index (κ1) is 18.3. The van der Waals surface area contributed by atoms with E-state index in [4.69, 9.17) is 16.3 Å². The highest BCUT2D eigenvalue weighted by Crippen LogP contribution is 2.30. The Labute approximate surface area is 163 Å². The number of carbonyl (C=O) groups excluding carboxylic acids is 1. The van der Waals surface area contributed by atoms with Gasteiger partial charge in [0.25, 0.3) is 5.91 Å². The van der Waals surface area contributed by atoms with Crippen LogP contribution in [0.1, 0.15) is 47.7 Å². The van der Waals surface area contributed by atoms with Gasteiger partial charge in [0.05, 0.1) is 18.7 Å². The monoisotopic (exact) mass is 389 g/mol. The Hall–Kier alpha value is -2.12. The van der Waals surface area contributed by atoms with E-state index >= 15 is 0 Å². The molecule has 144 valence electrons. The van der Waals surface area contributed by atoms with Crippen molar-refractivity contribution in [2.24, 2.45) is 0 Å². The van der Waals surface area contributed by atoms with Crippen molar-refractivity contribution in [2.45, 2.75) is 38.8 Å². The lowest BCUT2D eigenvalue weighted by Gasteiger charge is -2.32. The van der Waals surface area contributed by atoms with Crippen molar-refractivity contribution < 1.29 is 9.53 Å². The zero-order valence-corrected chi connectivity index (χ0v) is 16.2. The minimum absolute atomic E-state index is 0.000962. The molecule has 4 rings (SSSR count). The zero-order chi connectivity index (χ0) is 18.8. The number of hydrogen-bond donors (Lipinski definition) is 1. The van der Waals surface area contributed by atoms with Crippen LogP contribution in [0, 0.1) is 0 Å². The SMILES string of the molecule is CCOc1cc(Cl)ccc1C(=O)N1CCC(c2nnc3n2CCNC3)CC1. The number of hydrogen-bond acceptors (Lipinski definition) is 5. The number of benzene rings is 1. The standard InChI is InChI=1S/C19H24ClN5O2/c1-2-27-16-11-14(20)3-4-15(16)19(26)24-8-5-13(6-9-24)18-23-22-17-12-21-7-10-25(17)18/h3-4,11,13,21H,2,5-10,12H2,1H3. The van der Waals surface area contributed by atoms with Crippen LogP contribution in [0.4, 0.5) is 0 Å². The van der Waals surface area contributed by atoms with Crippen LogP contribution < -0.4 is 10.1 Å². The minimum atomic E-state index is 0.000962. The Morgan fingerprint density at radius 1 is 1.30 bits per heavy atom. The molecule has 0 unspecified atom stereocenters. The van der Waals surface area contributed by atoms with Crippen molar-refractivity contribution in [3.63, 3.8) is 0 Å². The summed E-state index contributed by atoms with van der Waals surface area (Å²) in [5.41, 5.74) is 0.575. The number of fused-ring (bicyclic) bond motifs is 1. The van der Waals surface area contributed by atoms with Crippen LogP contribution >= 0.6 is 11.6 Å². The molecule has 0 aliphatic carbocycles. The number of likely N-dealkylation sites (tertiary alicyclic amines) is 1. The number of nitrogens with one attached hydrogen (secondary N) is 1. The molecule has 0 radical (unpaired) electrons. The molecule has 1 amide bonds. The predicted molar refractivity (Wildman–Crippen MR) is 102 cm³/mol. The third-order valence-corrected chi connectivity index (χ3v) is 5.51. The molecule has 1 N–H and O–H groups in total. The Morgan fingerprint density at radius 2 is 2.11 bits per heavy atom. The van der Waals surface area contributed by atoms with Gasteiger partial charge in [-0.15, -0.1) is 10.2 Å². The van der Waals surface area contributed by atoms with Gasteiger partial charge in [0, 0.05) is 37.1 Å². The second kappa shape index (κ2) is 7.86. The third-order valence-electron chi connectivity index (χ3n) is 5.27. The summed E-state index contributed by atoms with van der Waals surface area (Å²) in [6.45, 7) is 6.45. The molecule has 2 aromatic rings. The predicted octanol–water partition coefficient (Wildman–Crippen LogP) is 2.45. The summed E-state index contributed by atoms with van der Waals surface area (Å²) in [5, 5.41) is 12.6. The quantitative estimate of drug-likeness (QED) is 0.869. The second-order valence-corrected chi connectivity index (χ2v) is 7.38. The average molecular weight is 390 g/mol. The van der Waals surface area contributed by atoms with Crippen molar-refractivity contribution in [2.75, 3.05) is 26.2 Å². The summed E-state index contributed by atoms with van der Waals surface area (Å²) in [6.07, 6.45) is 1.80. The number of nitrogens with zero attached hydrogens (tertiary/aromatic N) is 4. The summed E-state index contributed by atoms with van der Waals surface area (Å²) in [7, 11) is 0. The van der Waals surface area contributed by atoms with Crippen molar-refractivity contribution in [1.82, 2.24) is 25.0 Å². The van der Waals surface area contributed by atoms with Gasteiger partial charge in [-0.25, -0.2) is 0 Å². The van der Waals surface area contributed by atoms with Gasteiger partial charge < -0.3 is 19.5 Å². The molecule has 0 atom stereocenters. The first-order valence-corrected chi connectivity index (χ1v) is 9.89. The van der Waals surface area contributed by atoms with Crippen LogP contribution in [0.15, 0.2) is 18.2 Å². The van der Waals surface area contributed by atoms with E-state index in [-0.39, 0.29) is 5.91 Å². The molecular weight excluding hydrogens is 366 g/mol. The molecule has 1 aromatic heterocycles. The Morgan fingerprint density at radius 3 is 2.89 bits per heavy atom. The summed E-state index contributed by atoms with van der Waals surface area (Å²) in [6, 6.07) is 5.20. The number of ether oxygens (including phenoxy) is 1. The first-order valence-electron chi connectivity index (χ1n) is 9.51. The molecule has 2 aliphatic rings. The van der Waals surface area contributed by atoms with Crippen molar-refractivity contribution in [3.05, 3.63) is 40.4 Å². The van der Waals surface area contributed by atoms with Gasteiger partial charge in [-0.3, -0.25) is 4.79 Å². The van der Waals surface area contributed by atoms with Crippen molar-refractivity contribution in [1.29, 1.82) is 0 Å². The van der Waals surface area contributed by atoms with Crippen LogP contribution in [0.5, 0.6) is 5.75 Å². The summed E-state index contributed by atoms with van der Waals surface area (Å²) >= 11 is 6.05. The van der Waals surface area contributed by atoms with Crippen LogP contribution in [0.3, 0.4) is 0 Å². The van der Waals surface area contributed by atoms with Gasteiger partial charge in [0.2, 0.25) is 0 Å². The van der Waals surface area contributed by atoms with E-state index in [1.165, 1.54) is 0 Å². The van der Waals surface area contributed by atoms with E-state index in [9.17, 15) is 4.79 Å². The Kier molecular flexibility index (Phi) is 5.31. The summed E-state index contributed by atoms with van der Waals surface area (Å²) in [4.78, 5) is 14.9. The fourth-order valence-electron chi connectivity index (χ4n) is 3.88. The van der Waals surface area contributed by atoms with Gasteiger partial charge >= 0.3 is 0 Å².